The van der Waals surface area contributed by atoms with E-state index < -0.39 is 4.92 Å². The molecule has 5 nitrogen and oxygen atoms in total. The molecule has 2 aromatic carbocycles. The summed E-state index contributed by atoms with van der Waals surface area (Å²) < 4.78 is 5.63. The van der Waals surface area contributed by atoms with Crippen molar-refractivity contribution in [2.45, 2.75) is 64.2 Å². The molecular weight excluding hydrogens is 364 g/mol. The third-order valence-corrected chi connectivity index (χ3v) is 4.99. The molecule has 0 heterocycles. The number of nitrogens with zero attached hydrogens (tertiary/aromatic N) is 1. The van der Waals surface area contributed by atoms with E-state index in [-0.39, 0.29) is 5.69 Å². The number of nitrogens with one attached hydrogen (secondary N) is 1. The van der Waals surface area contributed by atoms with Crippen molar-refractivity contribution in [1.82, 2.24) is 0 Å². The predicted molar refractivity (Wildman–Crippen MR) is 120 cm³/mol. The van der Waals surface area contributed by atoms with Gasteiger partial charge in [-0.2, -0.15) is 0 Å². The van der Waals surface area contributed by atoms with Crippen LogP contribution in [0, 0.1) is 10.1 Å². The number of nitro benzene ring substituents is 1. The zero-order valence-electron chi connectivity index (χ0n) is 17.4. The van der Waals surface area contributed by atoms with Gasteiger partial charge in [0.25, 0.3) is 5.69 Å². The van der Waals surface area contributed by atoms with Crippen molar-refractivity contribution in [2.75, 3.05) is 18.5 Å². The highest BCUT2D eigenvalue weighted by molar-refractivity contribution is 5.42. The van der Waals surface area contributed by atoms with Crippen molar-refractivity contribution in [2.24, 2.45) is 0 Å². The summed E-state index contributed by atoms with van der Waals surface area (Å²) in [5, 5.41) is 14.1. The van der Waals surface area contributed by atoms with Crippen LogP contribution in [0.25, 0.3) is 0 Å². The van der Waals surface area contributed by atoms with Crippen LogP contribution >= 0.6 is 0 Å². The first-order valence-corrected chi connectivity index (χ1v) is 10.9. The van der Waals surface area contributed by atoms with E-state index in [2.05, 4.69) is 29.6 Å². The third kappa shape index (κ3) is 10.5. The van der Waals surface area contributed by atoms with Crippen LogP contribution in [-0.2, 0) is 0 Å². The van der Waals surface area contributed by atoms with Crippen molar-refractivity contribution < 1.29 is 9.66 Å². The molecule has 2 rings (SSSR count). The van der Waals surface area contributed by atoms with E-state index in [9.17, 15) is 10.1 Å². The fraction of sp³-hybridized carbons (Fsp3) is 0.500. The Labute approximate surface area is 174 Å². The number of unbranched alkanes of at least 4 members (excludes halogenated alkanes) is 9. The number of ether oxygens (including phenoxy) is 1. The van der Waals surface area contributed by atoms with Gasteiger partial charge in [-0.3, -0.25) is 10.1 Å². The lowest BCUT2D eigenvalue weighted by Gasteiger charge is -2.06. The molecule has 2 aromatic rings. The molecule has 0 amide bonds. The van der Waals surface area contributed by atoms with Crippen molar-refractivity contribution in [1.29, 1.82) is 0 Å². The molecule has 0 aromatic heterocycles. The van der Waals surface area contributed by atoms with Crippen molar-refractivity contribution in [3.8, 4) is 5.75 Å². The topological polar surface area (TPSA) is 64.4 Å². The Bertz CT molecular complexity index is 674. The van der Waals surface area contributed by atoms with Gasteiger partial charge < -0.3 is 10.1 Å². The van der Waals surface area contributed by atoms with E-state index in [1.54, 1.807) is 12.1 Å². The van der Waals surface area contributed by atoms with Crippen molar-refractivity contribution >= 4 is 11.4 Å². The summed E-state index contributed by atoms with van der Waals surface area (Å²) in [6, 6.07) is 16.7. The maximum Gasteiger partial charge on any atom is 0.269 e. The minimum absolute atomic E-state index is 0.0983. The van der Waals surface area contributed by atoms with Crippen LogP contribution in [0.3, 0.4) is 0 Å². The van der Waals surface area contributed by atoms with Crippen LogP contribution in [0.4, 0.5) is 11.4 Å². The number of para-hydroxylation sites is 1. The van der Waals surface area contributed by atoms with Crippen LogP contribution in [0.5, 0.6) is 5.75 Å². The lowest BCUT2D eigenvalue weighted by molar-refractivity contribution is -0.384. The van der Waals surface area contributed by atoms with Gasteiger partial charge in [0, 0.05) is 24.4 Å². The van der Waals surface area contributed by atoms with E-state index in [0.717, 1.165) is 13.0 Å². The van der Waals surface area contributed by atoms with Gasteiger partial charge in [-0.1, -0.05) is 69.6 Å². The molecule has 0 saturated heterocycles. The minimum atomic E-state index is -0.396. The molecule has 0 atom stereocenters. The fourth-order valence-electron chi connectivity index (χ4n) is 3.28. The van der Waals surface area contributed by atoms with E-state index in [0.29, 0.717) is 12.4 Å². The smallest absolute Gasteiger partial charge is 0.269 e. The number of benzene rings is 2. The monoisotopic (exact) mass is 398 g/mol. The van der Waals surface area contributed by atoms with Crippen LogP contribution in [-0.4, -0.2) is 18.1 Å². The number of rotatable bonds is 16. The number of hydrogen-bond acceptors (Lipinski definition) is 4. The summed E-state index contributed by atoms with van der Waals surface area (Å²) in [6.07, 6.45) is 12.6. The maximum atomic E-state index is 10.6. The Kier molecular flexibility index (Phi) is 11.3. The molecule has 1 N–H and O–H groups in total. The van der Waals surface area contributed by atoms with Crippen LogP contribution in [0.2, 0.25) is 0 Å². The standard InChI is InChI=1S/C24H34N2O3/c27-26(28)23-16-18-24(19-17-23)29-21-13-8-6-4-2-1-3-5-7-12-20-25-22-14-10-9-11-15-22/h9-11,14-19,25H,1-8,12-13,20-21H2. The van der Waals surface area contributed by atoms with Crippen LogP contribution in [0.1, 0.15) is 64.2 Å². The van der Waals surface area contributed by atoms with E-state index >= 15 is 0 Å². The first-order chi connectivity index (χ1) is 14.3. The van der Waals surface area contributed by atoms with Crippen molar-refractivity contribution in [3.63, 3.8) is 0 Å². The van der Waals surface area contributed by atoms with Gasteiger partial charge in [-0.15, -0.1) is 0 Å². The molecular formula is C24H34N2O3. The van der Waals surface area contributed by atoms with Gasteiger partial charge in [0.2, 0.25) is 0 Å². The average Bonchev–Trinajstić information content (AvgIpc) is 2.75. The molecule has 0 saturated carbocycles. The summed E-state index contributed by atoms with van der Waals surface area (Å²) >= 11 is 0. The summed E-state index contributed by atoms with van der Waals surface area (Å²) in [4.78, 5) is 10.2. The molecule has 5 heteroatoms. The average molecular weight is 399 g/mol. The predicted octanol–water partition coefficient (Wildman–Crippen LogP) is 6.99. The molecule has 0 aliphatic heterocycles. The summed E-state index contributed by atoms with van der Waals surface area (Å²) in [7, 11) is 0. The van der Waals surface area contributed by atoms with Gasteiger partial charge in [-0.05, 0) is 37.1 Å². The van der Waals surface area contributed by atoms with Crippen LogP contribution in [0.15, 0.2) is 54.6 Å². The van der Waals surface area contributed by atoms with E-state index in [1.165, 1.54) is 75.6 Å². The van der Waals surface area contributed by atoms with E-state index in [1.807, 2.05) is 6.07 Å². The van der Waals surface area contributed by atoms with Gasteiger partial charge >= 0.3 is 0 Å². The van der Waals surface area contributed by atoms with Gasteiger partial charge in [0.1, 0.15) is 5.75 Å². The Morgan fingerprint density at radius 2 is 1.28 bits per heavy atom. The third-order valence-electron chi connectivity index (χ3n) is 4.99. The normalized spacial score (nSPS) is 10.6. The first-order valence-electron chi connectivity index (χ1n) is 10.9. The second-order valence-corrected chi connectivity index (χ2v) is 7.43. The molecule has 29 heavy (non-hydrogen) atoms. The van der Waals surface area contributed by atoms with Gasteiger partial charge in [-0.25, -0.2) is 0 Å². The fourth-order valence-corrected chi connectivity index (χ4v) is 3.28. The first kappa shape index (κ1) is 22.7. The molecule has 158 valence electrons. The summed E-state index contributed by atoms with van der Waals surface area (Å²) in [6.45, 7) is 1.74. The molecule has 0 unspecified atom stereocenters. The van der Waals surface area contributed by atoms with Crippen LogP contribution < -0.4 is 10.1 Å². The van der Waals surface area contributed by atoms with E-state index in [4.69, 9.17) is 4.74 Å². The lowest BCUT2D eigenvalue weighted by atomic mass is 10.1. The highest BCUT2D eigenvalue weighted by Gasteiger charge is 2.04. The Morgan fingerprint density at radius 1 is 0.724 bits per heavy atom. The zero-order valence-corrected chi connectivity index (χ0v) is 17.4. The Hall–Kier alpha value is -2.56. The zero-order chi connectivity index (χ0) is 20.6. The molecule has 0 aliphatic rings. The number of anilines is 1. The molecule has 0 bridgehead atoms. The minimum Gasteiger partial charge on any atom is -0.494 e. The largest absolute Gasteiger partial charge is 0.494 e. The quantitative estimate of drug-likeness (QED) is 0.188. The van der Waals surface area contributed by atoms with Crippen molar-refractivity contribution in [3.05, 3.63) is 64.7 Å². The lowest BCUT2D eigenvalue weighted by Crippen LogP contribution is -2.00. The highest BCUT2D eigenvalue weighted by atomic mass is 16.6. The number of nitro groups is 1. The van der Waals surface area contributed by atoms with Gasteiger partial charge in [0.15, 0.2) is 0 Å². The van der Waals surface area contributed by atoms with Gasteiger partial charge in [0.05, 0.1) is 11.5 Å². The summed E-state index contributed by atoms with van der Waals surface area (Å²) in [5.41, 5.74) is 1.31. The second kappa shape index (κ2) is 14.4. The molecule has 0 radical (unpaired) electrons. The Balaban J connectivity index is 1.32. The Morgan fingerprint density at radius 3 is 1.86 bits per heavy atom. The summed E-state index contributed by atoms with van der Waals surface area (Å²) in [5.74, 6) is 0.703. The highest BCUT2D eigenvalue weighted by Crippen LogP contribution is 2.18. The molecule has 0 aliphatic carbocycles. The molecule has 0 spiro atoms. The number of hydrogen-bond donors (Lipinski definition) is 1. The molecule has 0 fully saturated rings. The maximum absolute atomic E-state index is 10.6. The second-order valence-electron chi connectivity index (χ2n) is 7.43. The number of non-ortho nitro benzene ring substituents is 1. The SMILES string of the molecule is O=[N+]([O-])c1ccc(OCCCCCCCCCCCCNc2ccccc2)cc1.